The summed E-state index contributed by atoms with van der Waals surface area (Å²) in [6.45, 7) is 1.50. The molecule has 19 heavy (non-hydrogen) atoms. The van der Waals surface area contributed by atoms with Crippen LogP contribution in [0, 0.1) is 5.92 Å². The molecule has 1 fully saturated rings. The minimum Gasteiger partial charge on any atom is -0.371 e. The Labute approximate surface area is 112 Å². The zero-order valence-electron chi connectivity index (χ0n) is 11.5. The average molecular weight is 283 g/mol. The summed E-state index contributed by atoms with van der Waals surface area (Å²) in [7, 11) is 0. The predicted octanol–water partition coefficient (Wildman–Crippen LogP) is 2.88. The van der Waals surface area contributed by atoms with Gasteiger partial charge < -0.3 is 15.2 Å². The summed E-state index contributed by atoms with van der Waals surface area (Å²) in [5, 5.41) is 0. The van der Waals surface area contributed by atoms with Crippen LogP contribution in [0.15, 0.2) is 0 Å². The van der Waals surface area contributed by atoms with E-state index in [1.807, 2.05) is 0 Å². The number of alkyl halides is 3. The number of hydrogen-bond acceptors (Lipinski definition) is 3. The fourth-order valence-corrected chi connectivity index (χ4v) is 2.52. The molecular formula is C13H24F3NO2. The van der Waals surface area contributed by atoms with Crippen LogP contribution in [-0.2, 0) is 9.47 Å². The number of rotatable bonds is 7. The summed E-state index contributed by atoms with van der Waals surface area (Å²) in [6.07, 6.45) is 0.830. The van der Waals surface area contributed by atoms with Crippen molar-refractivity contribution >= 4 is 0 Å². The first-order valence-corrected chi connectivity index (χ1v) is 6.89. The van der Waals surface area contributed by atoms with E-state index < -0.39 is 12.8 Å². The van der Waals surface area contributed by atoms with Crippen molar-refractivity contribution in [3.63, 3.8) is 0 Å². The molecule has 1 aliphatic carbocycles. The van der Waals surface area contributed by atoms with Gasteiger partial charge in [-0.15, -0.1) is 0 Å². The summed E-state index contributed by atoms with van der Waals surface area (Å²) in [5.41, 5.74) is 5.41. The van der Waals surface area contributed by atoms with Gasteiger partial charge in [-0.1, -0.05) is 13.3 Å². The molecule has 0 radical (unpaired) electrons. The highest BCUT2D eigenvalue weighted by atomic mass is 19.4. The molecule has 0 aromatic heterocycles. The average Bonchev–Trinajstić information content (AvgIpc) is 2.38. The van der Waals surface area contributed by atoms with Crippen molar-refractivity contribution in [2.45, 2.75) is 50.8 Å². The molecule has 0 bridgehead atoms. The summed E-state index contributed by atoms with van der Waals surface area (Å²) in [5.74, 6) is 0.727. The van der Waals surface area contributed by atoms with Gasteiger partial charge in [0.15, 0.2) is 0 Å². The van der Waals surface area contributed by atoms with Crippen molar-refractivity contribution in [3.05, 3.63) is 0 Å². The van der Waals surface area contributed by atoms with E-state index in [4.69, 9.17) is 10.5 Å². The minimum absolute atomic E-state index is 0.0432. The minimum atomic E-state index is -4.27. The van der Waals surface area contributed by atoms with Crippen molar-refractivity contribution in [3.8, 4) is 0 Å². The highest BCUT2D eigenvalue weighted by molar-refractivity contribution is 4.88. The van der Waals surface area contributed by atoms with Crippen molar-refractivity contribution in [2.24, 2.45) is 11.7 Å². The van der Waals surface area contributed by atoms with Gasteiger partial charge in [-0.25, -0.2) is 0 Å². The van der Waals surface area contributed by atoms with Crippen molar-refractivity contribution in [1.29, 1.82) is 0 Å². The molecule has 0 atom stereocenters. The smallest absolute Gasteiger partial charge is 0.371 e. The van der Waals surface area contributed by atoms with Crippen molar-refractivity contribution in [2.75, 3.05) is 26.4 Å². The molecule has 2 N–H and O–H groups in total. The fourth-order valence-electron chi connectivity index (χ4n) is 2.52. The lowest BCUT2D eigenvalue weighted by Gasteiger charge is -2.39. The first-order valence-electron chi connectivity index (χ1n) is 6.89. The first kappa shape index (κ1) is 16.7. The van der Waals surface area contributed by atoms with Gasteiger partial charge in [-0.2, -0.15) is 13.2 Å². The van der Waals surface area contributed by atoms with Gasteiger partial charge >= 0.3 is 6.18 Å². The van der Waals surface area contributed by atoms with Gasteiger partial charge in [0.2, 0.25) is 0 Å². The second-order valence-electron chi connectivity index (χ2n) is 5.25. The maximum absolute atomic E-state index is 11.9. The van der Waals surface area contributed by atoms with Crippen LogP contribution in [0.5, 0.6) is 0 Å². The molecule has 6 heteroatoms. The van der Waals surface area contributed by atoms with Crippen LogP contribution < -0.4 is 5.73 Å². The maximum atomic E-state index is 11.9. The lowest BCUT2D eigenvalue weighted by molar-refractivity contribution is -0.180. The second kappa shape index (κ2) is 7.45. The molecule has 0 aliphatic heterocycles. The summed E-state index contributed by atoms with van der Waals surface area (Å²) in [6, 6.07) is 0. The lowest BCUT2D eigenvalue weighted by Crippen LogP contribution is -2.44. The summed E-state index contributed by atoms with van der Waals surface area (Å²) in [4.78, 5) is 0. The number of ether oxygens (including phenoxy) is 2. The quantitative estimate of drug-likeness (QED) is 0.731. The molecule has 0 aromatic rings. The van der Waals surface area contributed by atoms with Gasteiger partial charge in [0.1, 0.15) is 6.61 Å². The molecule has 1 aliphatic rings. The maximum Gasteiger partial charge on any atom is 0.411 e. The van der Waals surface area contributed by atoms with E-state index in [1.165, 1.54) is 0 Å². The molecule has 0 heterocycles. The van der Waals surface area contributed by atoms with Gasteiger partial charge in [-0.3, -0.25) is 0 Å². The van der Waals surface area contributed by atoms with E-state index in [2.05, 4.69) is 11.7 Å². The van der Waals surface area contributed by atoms with E-state index in [-0.39, 0.29) is 18.8 Å². The molecular weight excluding hydrogens is 259 g/mol. The summed E-state index contributed by atoms with van der Waals surface area (Å²) >= 11 is 0. The van der Waals surface area contributed by atoms with E-state index >= 15 is 0 Å². The van der Waals surface area contributed by atoms with E-state index in [0.717, 1.165) is 38.0 Å². The largest absolute Gasteiger partial charge is 0.411 e. The predicted molar refractivity (Wildman–Crippen MR) is 66.9 cm³/mol. The number of hydrogen-bond donors (Lipinski definition) is 1. The molecule has 0 amide bonds. The van der Waals surface area contributed by atoms with E-state index in [1.54, 1.807) is 0 Å². The molecule has 114 valence electrons. The zero-order chi connectivity index (χ0) is 14.4. The Morgan fingerprint density at radius 3 is 2.32 bits per heavy atom. The third-order valence-electron chi connectivity index (χ3n) is 3.87. The van der Waals surface area contributed by atoms with Crippen molar-refractivity contribution < 1.29 is 22.6 Å². The first-order chi connectivity index (χ1) is 8.91. The van der Waals surface area contributed by atoms with Crippen LogP contribution in [0.3, 0.4) is 0 Å². The Hall–Kier alpha value is -0.330. The highest BCUT2D eigenvalue weighted by Crippen LogP contribution is 2.35. The van der Waals surface area contributed by atoms with Gasteiger partial charge in [0, 0.05) is 6.54 Å². The second-order valence-corrected chi connectivity index (χ2v) is 5.25. The van der Waals surface area contributed by atoms with E-state index in [9.17, 15) is 13.2 Å². The Morgan fingerprint density at radius 1 is 1.21 bits per heavy atom. The van der Waals surface area contributed by atoms with Crippen LogP contribution in [0.1, 0.15) is 39.0 Å². The van der Waals surface area contributed by atoms with Crippen LogP contribution in [0.4, 0.5) is 13.2 Å². The third-order valence-corrected chi connectivity index (χ3v) is 3.87. The Balaban J connectivity index is 2.22. The Kier molecular flexibility index (Phi) is 6.56. The van der Waals surface area contributed by atoms with Crippen LogP contribution >= 0.6 is 0 Å². The molecule has 0 spiro atoms. The molecule has 1 saturated carbocycles. The monoisotopic (exact) mass is 283 g/mol. The van der Waals surface area contributed by atoms with E-state index in [0.29, 0.717) is 6.54 Å². The summed E-state index contributed by atoms with van der Waals surface area (Å²) < 4.78 is 45.9. The van der Waals surface area contributed by atoms with Crippen LogP contribution in [0.2, 0.25) is 0 Å². The van der Waals surface area contributed by atoms with Crippen molar-refractivity contribution in [1.82, 2.24) is 0 Å². The van der Waals surface area contributed by atoms with Gasteiger partial charge in [-0.05, 0) is 31.6 Å². The normalized spacial score (nSPS) is 28.6. The molecule has 3 nitrogen and oxygen atoms in total. The topological polar surface area (TPSA) is 44.5 Å². The van der Waals surface area contributed by atoms with Gasteiger partial charge in [0.05, 0.1) is 18.8 Å². The highest BCUT2D eigenvalue weighted by Gasteiger charge is 2.34. The molecule has 0 unspecified atom stereocenters. The number of halogens is 3. The zero-order valence-corrected chi connectivity index (χ0v) is 11.5. The third kappa shape index (κ3) is 6.10. The fraction of sp³-hybridized carbons (Fsp3) is 1.00. The van der Waals surface area contributed by atoms with Crippen LogP contribution in [0.25, 0.3) is 0 Å². The Morgan fingerprint density at radius 2 is 1.84 bits per heavy atom. The SMILES string of the molecule is CCC1CCC(CN)(OCCOCC(F)(F)F)CC1. The lowest BCUT2D eigenvalue weighted by atomic mass is 9.77. The van der Waals surface area contributed by atoms with Gasteiger partial charge in [0.25, 0.3) is 0 Å². The molecule has 0 saturated heterocycles. The molecule has 0 aromatic carbocycles. The standard InChI is InChI=1S/C13H24F3NO2/c1-2-11-3-5-12(9-17,6-4-11)19-8-7-18-10-13(14,15)16/h11H,2-10,17H2,1H3. The number of nitrogens with two attached hydrogens (primary N) is 1. The molecule has 1 rings (SSSR count). The van der Waals surface area contributed by atoms with Crippen LogP contribution in [-0.4, -0.2) is 38.1 Å². The Bertz CT molecular complexity index is 251.